The molecule has 42 bridgehead atoms. The second-order valence-electron chi connectivity index (χ2n) is 50.4. The Morgan fingerprint density at radius 3 is 1.05 bits per heavy atom. The van der Waals surface area contributed by atoms with Crippen LogP contribution in [0.2, 0.25) is 0 Å². The largest absolute Gasteiger partial charge is 0.355 e. The van der Waals surface area contributed by atoms with Crippen molar-refractivity contribution >= 4 is 56.7 Å². The van der Waals surface area contributed by atoms with Gasteiger partial charge in [-0.1, -0.05) is 215 Å². The zero-order chi connectivity index (χ0) is 84.9. The van der Waals surface area contributed by atoms with Gasteiger partial charge >= 0.3 is 0 Å². The average Bonchev–Trinajstić information content (AvgIpc) is 1.21. The van der Waals surface area contributed by atoms with Crippen LogP contribution in [0.3, 0.4) is 0 Å². The number of fused-ring (bicyclic) bond motifs is 17. The van der Waals surface area contributed by atoms with Crippen LogP contribution in [0.15, 0.2) is 347 Å². The van der Waals surface area contributed by atoms with E-state index in [2.05, 4.69) is 339 Å². The number of aromatic amines is 1. The van der Waals surface area contributed by atoms with Crippen LogP contribution in [0.5, 0.6) is 0 Å². The summed E-state index contributed by atoms with van der Waals surface area (Å²) in [6.07, 6.45) is 26.7. The average molecular weight is 1700 g/mol. The molecule has 0 radical (unpaired) electrons. The number of anilines is 6. The van der Waals surface area contributed by atoms with Gasteiger partial charge in [-0.15, -0.1) is 0 Å². The molecule has 630 valence electrons. The fourth-order valence-corrected chi connectivity index (χ4v) is 46.5. The number of nitrogens with zero attached hydrogens (tertiary/aromatic N) is 4. The summed E-state index contributed by atoms with van der Waals surface area (Å²) < 4.78 is 0. The van der Waals surface area contributed by atoms with E-state index in [-0.39, 0.29) is 10.8 Å². The van der Waals surface area contributed by atoms with Gasteiger partial charge in [0.2, 0.25) is 0 Å². The van der Waals surface area contributed by atoms with Crippen LogP contribution < -0.4 is 9.80 Å². The van der Waals surface area contributed by atoms with E-state index in [1.54, 1.807) is 89.5 Å². The van der Waals surface area contributed by atoms with Crippen molar-refractivity contribution in [1.82, 2.24) is 4.98 Å². The first-order valence-corrected chi connectivity index (χ1v) is 51.5. The molecule has 26 heterocycles. The molecule has 12 aromatic rings. The molecule has 133 heavy (non-hydrogen) atoms. The van der Waals surface area contributed by atoms with E-state index in [9.17, 15) is 0 Å². The molecule has 25 aliphatic heterocycles. The Labute approximate surface area is 773 Å². The van der Waals surface area contributed by atoms with E-state index in [0.717, 1.165) is 101 Å². The highest BCUT2D eigenvalue weighted by Gasteiger charge is 3.54. The van der Waals surface area contributed by atoms with Crippen molar-refractivity contribution < 1.29 is 0 Å². The molecule has 5 nitrogen and oxygen atoms in total. The second-order valence-corrected chi connectivity index (χ2v) is 50.4. The summed E-state index contributed by atoms with van der Waals surface area (Å²) in [5.41, 5.74) is 61.1. The van der Waals surface area contributed by atoms with E-state index >= 15 is 0 Å². The SMILES string of the molecule is C1=CC2=C3C4=NC(=C5c6ccc([nH]6)C6=C7C=CC(=C(C1=N2)[C@H]1[C@@H]3[C@@H]5[C@@H]61)C7)C=C4.C1C23CC45CC16CC(C2)(C4)C12C34C61C542.CC1(C)CC23C4[C@H]2C1[C@@H]43.CC12c3ccc(cc3)[C@@]34c5ccc(cc5)[C@H]5[C@@]13[C@]52c1ccc4cc1.c1c2cc3cc1C1C3C3c4cc-2cc(c4)C13.c1cc2ccc1-c1ccc(cc1)N1c3ccc(cc3)C3C4c5ccc(cc5)N2c2ccc(cc2)C4C3c2ccc1cc2. The number of benzene rings is 11. The molecule has 1 N–H and O–H groups in total. The number of allylic oxidation sites excluding steroid dienone is 12. The number of rotatable bonds is 0. The van der Waals surface area contributed by atoms with Gasteiger partial charge in [0.05, 0.1) is 28.2 Å². The van der Waals surface area contributed by atoms with Crippen molar-refractivity contribution in [3.05, 3.63) is 426 Å². The minimum atomic E-state index is 0.0220. The Bertz CT molecular complexity index is 7730. The summed E-state index contributed by atoms with van der Waals surface area (Å²) in [5, 5.41) is 0. The highest BCUT2D eigenvalue weighted by Crippen LogP contribution is 3.56. The number of aromatic nitrogens is 1. The number of H-pyrrole nitrogens is 1. The molecule has 0 amide bonds. The maximum atomic E-state index is 5.13. The van der Waals surface area contributed by atoms with Gasteiger partial charge in [0.15, 0.2) is 0 Å². The number of hydrogen-bond donors (Lipinski definition) is 1. The van der Waals surface area contributed by atoms with Gasteiger partial charge in [-0.3, -0.25) is 0 Å². The molecular weight excluding hydrogens is 1610 g/mol. The monoisotopic (exact) mass is 1700 g/mol. The highest BCUT2D eigenvalue weighted by molar-refractivity contribution is 6.20. The highest BCUT2D eigenvalue weighted by atomic mass is 15.6. The minimum Gasteiger partial charge on any atom is -0.355 e. The predicted molar refractivity (Wildman–Crippen MR) is 520 cm³/mol. The van der Waals surface area contributed by atoms with Gasteiger partial charge in [-0.25, -0.2) is 9.98 Å². The van der Waals surface area contributed by atoms with Gasteiger partial charge in [0.25, 0.3) is 0 Å². The van der Waals surface area contributed by atoms with E-state index in [4.69, 9.17) is 9.98 Å². The molecule has 6 spiro atoms. The van der Waals surface area contributed by atoms with Crippen LogP contribution >= 0.6 is 0 Å². The summed E-state index contributed by atoms with van der Waals surface area (Å²) in [6.45, 7) is 7.50. The quantitative estimate of drug-likeness (QED) is 0.164. The third kappa shape index (κ3) is 5.79. The third-order valence-electron chi connectivity index (χ3n) is 47.8. The summed E-state index contributed by atoms with van der Waals surface area (Å²) >= 11 is 0. The van der Waals surface area contributed by atoms with Crippen LogP contribution in [0.4, 0.5) is 34.1 Å². The Kier molecular flexibility index (Phi) is 9.62. The van der Waals surface area contributed by atoms with Gasteiger partial charge in [0.1, 0.15) is 0 Å². The molecule has 1 aromatic heterocycles. The summed E-state index contributed by atoms with van der Waals surface area (Å²) in [4.78, 5) is 18.8. The van der Waals surface area contributed by atoms with Crippen molar-refractivity contribution in [1.29, 1.82) is 0 Å². The molecule has 33 aliphatic carbocycles. The van der Waals surface area contributed by atoms with Crippen LogP contribution in [0.25, 0.3) is 33.4 Å². The zero-order valence-electron chi connectivity index (χ0n) is 74.6. The smallest absolute Gasteiger partial charge is 0.0694 e. The molecule has 11 aromatic carbocycles. The van der Waals surface area contributed by atoms with Crippen molar-refractivity contribution in [3.63, 3.8) is 0 Å². The van der Waals surface area contributed by atoms with E-state index < -0.39 is 0 Å². The summed E-state index contributed by atoms with van der Waals surface area (Å²) in [7, 11) is 0. The van der Waals surface area contributed by atoms with Crippen LogP contribution in [0.1, 0.15) is 215 Å². The minimum absolute atomic E-state index is 0.0220. The Hall–Kier alpha value is -12.2. The standard InChI is InChI=1S/C40H28N2.C25H15N3.C24H16.C16H10.C14H12.C9H12/c1-13-31-14-2-25(1)26-3-15-32(16-4-26)42-35-21-9-29(10-22-35)39-37-27-5-17-33(18-6-27)41(31)34-19-7-28(8-20-34)38(37)40(39)30-11-23-36(42)24-12-30;1-2-11-9-10(1)18-12-3-5-14(26-12)20-16-7-8-17(28-16)21-15-6-4-13(27-15)19(11)23-22(18)24(20)25(21)23;1-21-15-6-8-17(9-7-15)22-16-4-2-14(3-5-16)20-23(21,24(20,21)22)19-12-10-18(22)11-13-19;1-7-2-10-5-9(1)13-14(10)16-12-4-8(7)3-11(6-12)15(13)16;1-7-2-9-4-8(1)5-10(3-7,6-9)14-11(7)12(8,14)13(9,11)14;1-8(2)3-9-5-4(8)6(9)7(5)9/h1-24,37-40H;1-8,22-26H,9H2;2-13,20H,1H3;1-6,13-16H;1-6H2;4-7H,3H2,1-2H3/t;22-,23+,24-,25+;20-,21?,22-,23-,24-;;;4?,5-,6+,7?,9?/m.01.../s1. The Balaban J connectivity index is 0.0000000679. The lowest BCUT2D eigenvalue weighted by atomic mass is 9.46. The molecule has 58 aliphatic rings. The van der Waals surface area contributed by atoms with Crippen molar-refractivity contribution in [2.45, 2.75) is 142 Å². The summed E-state index contributed by atoms with van der Waals surface area (Å²) in [6, 6.07) is 104. The van der Waals surface area contributed by atoms with Crippen LogP contribution in [-0.2, 0) is 16.2 Å². The second kappa shape index (κ2) is 19.1. The van der Waals surface area contributed by atoms with Gasteiger partial charge < -0.3 is 14.8 Å². The molecule has 5 heteroatoms. The van der Waals surface area contributed by atoms with Crippen molar-refractivity contribution in [2.24, 2.45) is 117 Å². The molecule has 0 saturated heterocycles. The zero-order valence-corrected chi connectivity index (χ0v) is 74.6. The lowest BCUT2D eigenvalue weighted by Crippen LogP contribution is -2.51. The molecule has 70 rings (SSSR count). The van der Waals surface area contributed by atoms with E-state index in [1.807, 2.05) is 0 Å². The lowest BCUT2D eigenvalue weighted by Gasteiger charge is -2.57. The topological polar surface area (TPSA) is 47.0 Å². The van der Waals surface area contributed by atoms with Gasteiger partial charge in [-0.2, -0.15) is 0 Å². The third-order valence-corrected chi connectivity index (χ3v) is 47.8. The first kappa shape index (κ1) is 67.1. The lowest BCUT2D eigenvalue weighted by molar-refractivity contribution is -0.0737. The maximum absolute atomic E-state index is 5.13. The molecule has 14 atom stereocenters. The fraction of sp³-hybridized carbons (Fsp3) is 0.328. The van der Waals surface area contributed by atoms with E-state index in [0.29, 0.717) is 64.1 Å². The van der Waals surface area contributed by atoms with Crippen LogP contribution in [-0.4, -0.2) is 16.4 Å². The number of nitrogens with one attached hydrogen (secondary N) is 1. The van der Waals surface area contributed by atoms with Gasteiger partial charge in [0, 0.05) is 102 Å². The van der Waals surface area contributed by atoms with Crippen molar-refractivity contribution in [3.8, 4) is 22.3 Å². The molecule has 21 fully saturated rings. The predicted octanol–water partition coefficient (Wildman–Crippen LogP) is 27.9. The first-order chi connectivity index (χ1) is 65.3. The van der Waals surface area contributed by atoms with E-state index in [1.165, 1.54) is 164 Å². The molecular formula is C128H93N5. The van der Waals surface area contributed by atoms with Gasteiger partial charge in [-0.05, 0) is 408 Å². The van der Waals surface area contributed by atoms with Crippen LogP contribution in [0, 0.1) is 107 Å². The Morgan fingerprint density at radius 1 is 0.286 bits per heavy atom. The number of hydrogen-bond acceptors (Lipinski definition) is 4. The summed E-state index contributed by atoms with van der Waals surface area (Å²) in [5.74, 6) is 12.6. The first-order valence-electron chi connectivity index (χ1n) is 51.5. The maximum Gasteiger partial charge on any atom is 0.0694 e. The Morgan fingerprint density at radius 2 is 0.632 bits per heavy atom. The molecule has 21 saturated carbocycles. The number of aliphatic imine (C=N–C) groups is 2. The van der Waals surface area contributed by atoms with Crippen molar-refractivity contribution in [2.75, 3.05) is 9.80 Å². The fourth-order valence-electron chi connectivity index (χ4n) is 46.5. The molecule has 4 unspecified atom stereocenters. The normalized spacial score (nSPS) is 45.2.